The standard InChI is InChI=1S/C34H51N5O6/c1-3-22(2)27(18-29(40)28(17-23-8-5-4-6-9-23)38-33(44)30(41)19-31(36)42)32(43)37-21-25-10-7-11-26(16-25)34(45)39-14-12-24(20-35)13-15-39/h7,10-11,16,22-24,27-28H,3-6,8-9,12-15,17-21,35H2,1-2H3,(H2,36,42)(H,37,43)(H,38,44)/t22-,27?,28-/m0/s1. The topological polar surface area (TPSA) is 182 Å². The van der Waals surface area contributed by atoms with Gasteiger partial charge in [-0.3, -0.25) is 28.8 Å². The van der Waals surface area contributed by atoms with Crippen molar-refractivity contribution < 1.29 is 28.8 Å². The molecule has 11 heteroatoms. The van der Waals surface area contributed by atoms with E-state index in [1.807, 2.05) is 24.8 Å². The molecule has 2 aliphatic rings. The van der Waals surface area contributed by atoms with Crippen LogP contribution in [-0.4, -0.2) is 65.8 Å². The second-order valence-corrected chi connectivity index (χ2v) is 12.9. The van der Waals surface area contributed by atoms with Gasteiger partial charge in [-0.05, 0) is 61.3 Å². The van der Waals surface area contributed by atoms with E-state index < -0.39 is 36.0 Å². The lowest BCUT2D eigenvalue weighted by molar-refractivity contribution is -0.141. The second kappa shape index (κ2) is 17.8. The lowest BCUT2D eigenvalue weighted by Gasteiger charge is -2.31. The Morgan fingerprint density at radius 2 is 1.67 bits per heavy atom. The molecule has 1 aliphatic heterocycles. The largest absolute Gasteiger partial charge is 0.369 e. The Morgan fingerprint density at radius 3 is 2.29 bits per heavy atom. The summed E-state index contributed by atoms with van der Waals surface area (Å²) in [5.74, 6) is -3.65. The molecule has 11 nitrogen and oxygen atoms in total. The number of nitrogens with one attached hydrogen (secondary N) is 2. The van der Waals surface area contributed by atoms with Gasteiger partial charge >= 0.3 is 0 Å². The average Bonchev–Trinajstić information content (AvgIpc) is 3.05. The smallest absolute Gasteiger partial charge is 0.288 e. The van der Waals surface area contributed by atoms with Gasteiger partial charge in [0, 0.05) is 37.5 Å². The van der Waals surface area contributed by atoms with Crippen LogP contribution in [0.4, 0.5) is 0 Å². The first-order valence-corrected chi connectivity index (χ1v) is 16.5. The molecule has 3 atom stereocenters. The fourth-order valence-electron chi connectivity index (χ4n) is 6.39. The number of carbonyl (C=O) groups is 6. The third kappa shape index (κ3) is 11.1. The van der Waals surface area contributed by atoms with E-state index in [-0.39, 0.29) is 42.4 Å². The molecule has 1 saturated heterocycles. The Hall–Kier alpha value is -3.60. The van der Waals surface area contributed by atoms with Gasteiger partial charge in [0.05, 0.1) is 12.5 Å². The molecular weight excluding hydrogens is 574 g/mol. The number of hydrogen-bond acceptors (Lipinski definition) is 7. The van der Waals surface area contributed by atoms with Crippen LogP contribution in [0.1, 0.15) is 100 Å². The molecule has 1 heterocycles. The maximum atomic E-state index is 13.7. The summed E-state index contributed by atoms with van der Waals surface area (Å²) in [5, 5.41) is 5.52. The highest BCUT2D eigenvalue weighted by Crippen LogP contribution is 2.29. The van der Waals surface area contributed by atoms with Gasteiger partial charge in [0.1, 0.15) is 0 Å². The summed E-state index contributed by atoms with van der Waals surface area (Å²) in [6, 6.07) is 6.28. The van der Waals surface area contributed by atoms with Crippen LogP contribution in [0.25, 0.3) is 0 Å². The number of likely N-dealkylation sites (tertiary alicyclic amines) is 1. The predicted octanol–water partition coefficient (Wildman–Crippen LogP) is 2.63. The molecule has 1 aromatic carbocycles. The molecule has 45 heavy (non-hydrogen) atoms. The van der Waals surface area contributed by atoms with E-state index in [9.17, 15) is 28.8 Å². The molecule has 6 N–H and O–H groups in total. The SMILES string of the molecule is CC[C@H](C)C(CC(=O)[C@H](CC1CCCCC1)NC(=O)C(=O)CC(N)=O)C(=O)NCc1cccc(C(=O)N2CCC(CN)CC2)c1. The van der Waals surface area contributed by atoms with E-state index >= 15 is 0 Å². The first kappa shape index (κ1) is 35.9. The first-order chi connectivity index (χ1) is 21.5. The van der Waals surface area contributed by atoms with Crippen LogP contribution in [0.3, 0.4) is 0 Å². The summed E-state index contributed by atoms with van der Waals surface area (Å²) in [4.78, 5) is 78.1. The molecule has 0 aromatic heterocycles. The lowest BCUT2D eigenvalue weighted by Crippen LogP contribution is -2.47. The van der Waals surface area contributed by atoms with E-state index in [2.05, 4.69) is 10.6 Å². The summed E-state index contributed by atoms with van der Waals surface area (Å²) in [6.45, 7) is 6.04. The van der Waals surface area contributed by atoms with Crippen LogP contribution in [0.15, 0.2) is 24.3 Å². The minimum Gasteiger partial charge on any atom is -0.369 e. The van der Waals surface area contributed by atoms with Crippen molar-refractivity contribution in [1.29, 1.82) is 0 Å². The molecule has 2 fully saturated rings. The molecule has 3 rings (SSSR count). The Kier molecular flexibility index (Phi) is 14.2. The van der Waals surface area contributed by atoms with Gasteiger partial charge in [-0.1, -0.05) is 64.5 Å². The zero-order valence-electron chi connectivity index (χ0n) is 26.9. The molecule has 248 valence electrons. The maximum Gasteiger partial charge on any atom is 0.288 e. The van der Waals surface area contributed by atoms with Gasteiger partial charge in [-0.25, -0.2) is 0 Å². The van der Waals surface area contributed by atoms with Crippen LogP contribution >= 0.6 is 0 Å². The van der Waals surface area contributed by atoms with Gasteiger partial charge < -0.3 is 27.0 Å². The minimum absolute atomic E-state index is 0.0397. The number of rotatable bonds is 16. The average molecular weight is 626 g/mol. The number of primary amides is 1. The number of nitrogens with two attached hydrogens (primary N) is 2. The van der Waals surface area contributed by atoms with Gasteiger partial charge in [0.2, 0.25) is 17.6 Å². The molecule has 1 aromatic rings. The highest BCUT2D eigenvalue weighted by Gasteiger charge is 2.33. The van der Waals surface area contributed by atoms with Crippen molar-refractivity contribution in [3.8, 4) is 0 Å². The summed E-state index contributed by atoms with van der Waals surface area (Å²) in [5.41, 5.74) is 12.2. The van der Waals surface area contributed by atoms with Crippen molar-refractivity contribution in [2.45, 2.75) is 97.1 Å². The fraction of sp³-hybridized carbons (Fsp3) is 0.647. The normalized spacial score (nSPS) is 18.0. The van der Waals surface area contributed by atoms with Crippen LogP contribution in [0.2, 0.25) is 0 Å². The summed E-state index contributed by atoms with van der Waals surface area (Å²) in [6.07, 6.45) is 7.06. The zero-order valence-corrected chi connectivity index (χ0v) is 26.9. The van der Waals surface area contributed by atoms with Gasteiger partial charge in [0.15, 0.2) is 5.78 Å². The predicted molar refractivity (Wildman–Crippen MR) is 170 cm³/mol. The molecule has 0 radical (unpaired) electrons. The van der Waals surface area contributed by atoms with E-state index in [1.54, 1.807) is 18.2 Å². The molecule has 1 unspecified atom stereocenters. The molecule has 4 amide bonds. The highest BCUT2D eigenvalue weighted by molar-refractivity contribution is 6.39. The zero-order chi connectivity index (χ0) is 32.9. The third-order valence-corrected chi connectivity index (χ3v) is 9.54. The quantitative estimate of drug-likeness (QED) is 0.161. The molecule has 1 saturated carbocycles. The molecule has 0 bridgehead atoms. The number of amides is 4. The molecular formula is C34H51N5O6. The summed E-state index contributed by atoms with van der Waals surface area (Å²) < 4.78 is 0. The first-order valence-electron chi connectivity index (χ1n) is 16.5. The Labute approximate surface area is 266 Å². The number of ketones is 2. The van der Waals surface area contributed by atoms with E-state index in [4.69, 9.17) is 11.5 Å². The molecule has 1 aliphatic carbocycles. The Balaban J connectivity index is 1.66. The van der Waals surface area contributed by atoms with E-state index in [0.717, 1.165) is 50.5 Å². The minimum atomic E-state index is -1.01. The Morgan fingerprint density at radius 1 is 0.978 bits per heavy atom. The van der Waals surface area contributed by atoms with E-state index in [0.29, 0.717) is 44.0 Å². The highest BCUT2D eigenvalue weighted by atomic mass is 16.2. The number of hydrogen-bond donors (Lipinski definition) is 4. The third-order valence-electron chi connectivity index (χ3n) is 9.54. The lowest BCUT2D eigenvalue weighted by atomic mass is 9.81. The number of piperidine rings is 1. The van der Waals surface area contributed by atoms with Crippen molar-refractivity contribution in [3.63, 3.8) is 0 Å². The number of nitrogens with zero attached hydrogens (tertiary/aromatic N) is 1. The fourth-order valence-corrected chi connectivity index (χ4v) is 6.39. The maximum absolute atomic E-state index is 13.7. The van der Waals surface area contributed by atoms with Crippen LogP contribution in [0.5, 0.6) is 0 Å². The molecule has 0 spiro atoms. The van der Waals surface area contributed by atoms with Gasteiger partial charge in [0.25, 0.3) is 11.8 Å². The number of Topliss-reactive ketones (excluding diaryl/α,β-unsaturated/α-hetero) is 2. The van der Waals surface area contributed by atoms with Gasteiger partial charge in [-0.2, -0.15) is 0 Å². The van der Waals surface area contributed by atoms with Crippen LogP contribution in [0, 0.1) is 23.7 Å². The summed E-state index contributed by atoms with van der Waals surface area (Å²) >= 11 is 0. The summed E-state index contributed by atoms with van der Waals surface area (Å²) in [7, 11) is 0. The van der Waals surface area contributed by atoms with Crippen molar-refractivity contribution >= 4 is 35.2 Å². The van der Waals surface area contributed by atoms with Crippen molar-refractivity contribution in [3.05, 3.63) is 35.4 Å². The number of benzene rings is 1. The van der Waals surface area contributed by atoms with Crippen molar-refractivity contribution in [2.24, 2.45) is 35.1 Å². The Bertz CT molecular complexity index is 1210. The van der Waals surface area contributed by atoms with Crippen LogP contribution in [-0.2, 0) is 30.5 Å². The van der Waals surface area contributed by atoms with Crippen molar-refractivity contribution in [2.75, 3.05) is 19.6 Å². The van der Waals surface area contributed by atoms with E-state index in [1.165, 1.54) is 0 Å². The second-order valence-electron chi connectivity index (χ2n) is 12.9. The van der Waals surface area contributed by atoms with Crippen LogP contribution < -0.4 is 22.1 Å². The number of carbonyl (C=O) groups excluding carboxylic acids is 6. The van der Waals surface area contributed by atoms with Gasteiger partial charge in [-0.15, -0.1) is 0 Å². The monoisotopic (exact) mass is 625 g/mol. The van der Waals surface area contributed by atoms with Crippen molar-refractivity contribution in [1.82, 2.24) is 15.5 Å².